The highest BCUT2D eigenvalue weighted by molar-refractivity contribution is 6.03. The maximum atomic E-state index is 12.8. The van der Waals surface area contributed by atoms with Crippen molar-refractivity contribution in [2.75, 3.05) is 5.32 Å². The predicted molar refractivity (Wildman–Crippen MR) is 118 cm³/mol. The van der Waals surface area contributed by atoms with Gasteiger partial charge in [0.2, 0.25) is 0 Å². The van der Waals surface area contributed by atoms with E-state index < -0.39 is 0 Å². The smallest absolute Gasteiger partial charge is 0.256 e. The van der Waals surface area contributed by atoms with Crippen LogP contribution in [0, 0.1) is 0 Å². The van der Waals surface area contributed by atoms with Crippen molar-refractivity contribution in [2.45, 2.75) is 59.1 Å². The fraction of sp³-hybridized carbons (Fsp3) is 0.435. The molecule has 0 saturated carbocycles. The number of amides is 1. The van der Waals surface area contributed by atoms with Crippen LogP contribution in [0.5, 0.6) is 5.75 Å². The highest BCUT2D eigenvalue weighted by Crippen LogP contribution is 2.28. The lowest BCUT2D eigenvalue weighted by Crippen LogP contribution is -2.27. The maximum Gasteiger partial charge on any atom is 0.256 e. The fourth-order valence-corrected chi connectivity index (χ4v) is 2.92. The molecule has 1 N–H and O–H groups in total. The van der Waals surface area contributed by atoms with Gasteiger partial charge in [0, 0.05) is 36.5 Å². The lowest BCUT2D eigenvalue weighted by Gasteiger charge is -2.23. The molecule has 3 rings (SSSR count). The number of carbonyl (C=O) groups excluding carboxylic acids is 1. The van der Waals surface area contributed by atoms with Crippen molar-refractivity contribution in [2.24, 2.45) is 7.05 Å². The van der Waals surface area contributed by atoms with Crippen LogP contribution in [0.3, 0.4) is 0 Å². The highest BCUT2D eigenvalue weighted by atomic mass is 16.5. The molecule has 160 valence electrons. The molecule has 0 fully saturated rings. The molecule has 0 bridgehead atoms. The second-order valence-electron chi connectivity index (χ2n) is 9.47. The zero-order valence-corrected chi connectivity index (χ0v) is 18.9. The van der Waals surface area contributed by atoms with E-state index in [1.54, 1.807) is 30.5 Å². The third-order valence-corrected chi connectivity index (χ3v) is 4.76. The second-order valence-corrected chi connectivity index (χ2v) is 9.47. The van der Waals surface area contributed by atoms with Crippen molar-refractivity contribution < 1.29 is 9.53 Å². The standard InChI is InChI=1S/C23H31N5O2/c1-22(2,3)18-14-19(28(26-18)23(4,5)6)25-21(29)16-8-10-17(11-9-16)30-15-20-24-12-13-27(20)7/h8-14H,15H2,1-7H3,(H,25,29). The first-order valence-electron chi connectivity index (χ1n) is 10.1. The highest BCUT2D eigenvalue weighted by Gasteiger charge is 2.26. The third-order valence-electron chi connectivity index (χ3n) is 4.76. The lowest BCUT2D eigenvalue weighted by atomic mass is 9.92. The van der Waals surface area contributed by atoms with Crippen LogP contribution < -0.4 is 10.1 Å². The van der Waals surface area contributed by atoms with E-state index in [1.807, 2.05) is 28.6 Å². The number of carbonyl (C=O) groups is 1. The predicted octanol–water partition coefficient (Wildman–Crippen LogP) is 4.50. The molecule has 7 heteroatoms. The van der Waals surface area contributed by atoms with E-state index in [0.29, 0.717) is 23.7 Å². The summed E-state index contributed by atoms with van der Waals surface area (Å²) < 4.78 is 9.54. The summed E-state index contributed by atoms with van der Waals surface area (Å²) in [7, 11) is 1.92. The first-order chi connectivity index (χ1) is 13.9. The topological polar surface area (TPSA) is 74.0 Å². The number of hydrogen-bond donors (Lipinski definition) is 1. The number of rotatable bonds is 5. The molecule has 2 heterocycles. The summed E-state index contributed by atoms with van der Waals surface area (Å²) in [5, 5.41) is 7.76. The number of aromatic nitrogens is 4. The maximum absolute atomic E-state index is 12.8. The summed E-state index contributed by atoms with van der Waals surface area (Å²) in [4.78, 5) is 17.1. The van der Waals surface area contributed by atoms with E-state index in [1.165, 1.54) is 0 Å². The summed E-state index contributed by atoms with van der Waals surface area (Å²) >= 11 is 0. The largest absolute Gasteiger partial charge is 0.486 e. The Bertz CT molecular complexity index is 1020. The first kappa shape index (κ1) is 21.6. The molecule has 0 spiro atoms. The van der Waals surface area contributed by atoms with Gasteiger partial charge in [-0.15, -0.1) is 0 Å². The van der Waals surface area contributed by atoms with E-state index in [0.717, 1.165) is 11.5 Å². The Balaban J connectivity index is 1.73. The average molecular weight is 410 g/mol. The van der Waals surface area contributed by atoms with Crippen molar-refractivity contribution in [3.8, 4) is 5.75 Å². The molecular formula is C23H31N5O2. The molecule has 0 aliphatic rings. The molecule has 30 heavy (non-hydrogen) atoms. The van der Waals surface area contributed by atoms with Gasteiger partial charge in [0.05, 0.1) is 11.2 Å². The number of nitrogens with zero attached hydrogens (tertiary/aromatic N) is 4. The third kappa shape index (κ3) is 4.90. The number of nitrogens with one attached hydrogen (secondary N) is 1. The van der Waals surface area contributed by atoms with Crippen LogP contribution in [-0.4, -0.2) is 25.2 Å². The van der Waals surface area contributed by atoms with Crippen LogP contribution in [0.2, 0.25) is 0 Å². The minimum absolute atomic E-state index is 0.109. The van der Waals surface area contributed by atoms with Gasteiger partial charge in [0.25, 0.3) is 5.91 Å². The van der Waals surface area contributed by atoms with Crippen molar-refractivity contribution in [1.82, 2.24) is 19.3 Å². The van der Waals surface area contributed by atoms with Gasteiger partial charge in [-0.3, -0.25) is 4.79 Å². The van der Waals surface area contributed by atoms with Crippen molar-refractivity contribution in [3.05, 3.63) is 59.8 Å². The van der Waals surface area contributed by atoms with Crippen molar-refractivity contribution in [1.29, 1.82) is 0 Å². The quantitative estimate of drug-likeness (QED) is 0.673. The van der Waals surface area contributed by atoms with Crippen LogP contribution in [0.15, 0.2) is 42.7 Å². The Labute approximate surface area is 178 Å². The van der Waals surface area contributed by atoms with Crippen LogP contribution in [0.25, 0.3) is 0 Å². The molecule has 0 aliphatic heterocycles. The molecule has 2 aromatic heterocycles. The number of anilines is 1. The summed E-state index contributed by atoms with van der Waals surface area (Å²) in [5.74, 6) is 2.02. The molecule has 1 amide bonds. The van der Waals surface area contributed by atoms with E-state index in [9.17, 15) is 4.79 Å². The monoisotopic (exact) mass is 409 g/mol. The SMILES string of the molecule is Cn1ccnc1COc1ccc(C(=O)Nc2cc(C(C)(C)C)nn2C(C)(C)C)cc1. The number of imidazole rings is 1. The van der Waals surface area contributed by atoms with Gasteiger partial charge in [-0.25, -0.2) is 9.67 Å². The van der Waals surface area contributed by atoms with E-state index in [4.69, 9.17) is 9.84 Å². The zero-order valence-electron chi connectivity index (χ0n) is 18.9. The van der Waals surface area contributed by atoms with Crippen molar-refractivity contribution >= 4 is 11.7 Å². The van der Waals surface area contributed by atoms with Gasteiger partial charge in [-0.05, 0) is 45.0 Å². The zero-order chi connectivity index (χ0) is 22.1. The van der Waals surface area contributed by atoms with E-state index >= 15 is 0 Å². The Morgan fingerprint density at radius 3 is 2.30 bits per heavy atom. The molecule has 0 atom stereocenters. The van der Waals surface area contributed by atoms with E-state index in [2.05, 4.69) is 51.8 Å². The summed E-state index contributed by atoms with van der Waals surface area (Å²) in [5.41, 5.74) is 1.13. The minimum atomic E-state index is -0.255. The van der Waals surface area contributed by atoms with Gasteiger partial charge >= 0.3 is 0 Å². The van der Waals surface area contributed by atoms with Crippen LogP contribution in [0.1, 0.15) is 63.4 Å². The van der Waals surface area contributed by atoms with Crippen LogP contribution >= 0.6 is 0 Å². The molecule has 0 saturated heterocycles. The van der Waals surface area contributed by atoms with Crippen LogP contribution in [0.4, 0.5) is 5.82 Å². The molecule has 0 radical (unpaired) electrons. The van der Waals surface area contributed by atoms with Gasteiger partial charge in [0.15, 0.2) is 0 Å². The van der Waals surface area contributed by atoms with E-state index in [-0.39, 0.29) is 16.9 Å². The number of aryl methyl sites for hydroxylation is 1. The van der Waals surface area contributed by atoms with Crippen LogP contribution in [-0.2, 0) is 24.6 Å². The number of benzene rings is 1. The number of hydrogen-bond acceptors (Lipinski definition) is 4. The van der Waals surface area contributed by atoms with Gasteiger partial charge in [-0.1, -0.05) is 20.8 Å². The molecule has 3 aromatic rings. The fourth-order valence-electron chi connectivity index (χ4n) is 2.92. The average Bonchev–Trinajstić information content (AvgIpc) is 3.26. The minimum Gasteiger partial charge on any atom is -0.486 e. The first-order valence-corrected chi connectivity index (χ1v) is 10.1. The lowest BCUT2D eigenvalue weighted by molar-refractivity contribution is 0.102. The second kappa shape index (κ2) is 7.97. The molecule has 1 aromatic carbocycles. The Kier molecular flexibility index (Phi) is 5.74. The van der Waals surface area contributed by atoms with Gasteiger partial charge in [-0.2, -0.15) is 5.10 Å². The Morgan fingerprint density at radius 2 is 1.77 bits per heavy atom. The molecule has 0 aliphatic carbocycles. The Morgan fingerprint density at radius 1 is 1.10 bits per heavy atom. The number of ether oxygens (including phenoxy) is 1. The molecule has 7 nitrogen and oxygen atoms in total. The molecular weight excluding hydrogens is 378 g/mol. The normalized spacial score (nSPS) is 12.1. The summed E-state index contributed by atoms with van der Waals surface area (Å²) in [6.07, 6.45) is 3.61. The molecule has 0 unspecified atom stereocenters. The Hall–Kier alpha value is -3.09. The van der Waals surface area contributed by atoms with Gasteiger partial charge < -0.3 is 14.6 Å². The summed E-state index contributed by atoms with van der Waals surface area (Å²) in [6.45, 7) is 12.9. The summed E-state index contributed by atoms with van der Waals surface area (Å²) in [6, 6.07) is 9.05. The van der Waals surface area contributed by atoms with Crippen molar-refractivity contribution in [3.63, 3.8) is 0 Å². The van der Waals surface area contributed by atoms with Gasteiger partial charge in [0.1, 0.15) is 24.0 Å².